The van der Waals surface area contributed by atoms with Crippen LogP contribution in [-0.4, -0.2) is 36.1 Å². The summed E-state index contributed by atoms with van der Waals surface area (Å²) < 4.78 is 0. The Bertz CT molecular complexity index is 221. The third-order valence-electron chi connectivity index (χ3n) is 4.96. The zero-order chi connectivity index (χ0) is 12.8. The number of nitrogens with zero attached hydrogens (tertiary/aromatic N) is 1. The average molecular weight is 252 g/mol. The molecule has 0 aromatic rings. The first kappa shape index (κ1) is 14.3. The second-order valence-corrected chi connectivity index (χ2v) is 6.36. The van der Waals surface area contributed by atoms with Gasteiger partial charge >= 0.3 is 0 Å². The van der Waals surface area contributed by atoms with E-state index in [1.807, 2.05) is 0 Å². The Hall–Kier alpha value is -0.0800. The van der Waals surface area contributed by atoms with Crippen molar-refractivity contribution in [3.63, 3.8) is 0 Å². The first-order chi connectivity index (χ1) is 8.81. The summed E-state index contributed by atoms with van der Waals surface area (Å²) >= 11 is 0. The van der Waals surface area contributed by atoms with Gasteiger partial charge in [0.2, 0.25) is 0 Å². The van der Waals surface area contributed by atoms with Gasteiger partial charge in [-0.05, 0) is 39.2 Å². The van der Waals surface area contributed by atoms with Crippen LogP contribution in [0.1, 0.15) is 71.6 Å². The van der Waals surface area contributed by atoms with E-state index in [1.54, 1.807) is 0 Å². The SMILES string of the molecule is CCNC1CCN(C2CCCCCCC2)C(C)C1. The standard InChI is InChI=1S/C16H32N2/c1-3-17-15-11-12-18(14(2)13-15)16-9-7-5-4-6-8-10-16/h14-17H,3-13H2,1-2H3. The molecule has 1 N–H and O–H groups in total. The van der Waals surface area contributed by atoms with Gasteiger partial charge < -0.3 is 5.32 Å². The maximum absolute atomic E-state index is 3.63. The average Bonchev–Trinajstić information content (AvgIpc) is 2.30. The first-order valence-electron chi connectivity index (χ1n) is 8.30. The van der Waals surface area contributed by atoms with Gasteiger partial charge in [-0.15, -0.1) is 0 Å². The zero-order valence-corrected chi connectivity index (χ0v) is 12.5. The fourth-order valence-corrected chi connectivity index (χ4v) is 3.97. The summed E-state index contributed by atoms with van der Waals surface area (Å²) in [4.78, 5) is 2.83. The van der Waals surface area contributed by atoms with Crippen molar-refractivity contribution >= 4 is 0 Å². The van der Waals surface area contributed by atoms with E-state index in [2.05, 4.69) is 24.1 Å². The van der Waals surface area contributed by atoms with Crippen LogP contribution in [0.2, 0.25) is 0 Å². The van der Waals surface area contributed by atoms with E-state index in [9.17, 15) is 0 Å². The van der Waals surface area contributed by atoms with Crippen molar-refractivity contribution in [3.05, 3.63) is 0 Å². The predicted molar refractivity (Wildman–Crippen MR) is 79.0 cm³/mol. The van der Waals surface area contributed by atoms with Crippen molar-refractivity contribution in [1.82, 2.24) is 10.2 Å². The van der Waals surface area contributed by atoms with E-state index in [4.69, 9.17) is 0 Å². The number of hydrogen-bond donors (Lipinski definition) is 1. The largest absolute Gasteiger partial charge is 0.314 e. The molecule has 1 saturated carbocycles. The molecule has 1 heterocycles. The van der Waals surface area contributed by atoms with Crippen LogP contribution in [0.4, 0.5) is 0 Å². The molecule has 1 aliphatic carbocycles. The lowest BCUT2D eigenvalue weighted by Crippen LogP contribution is -2.51. The molecule has 2 aliphatic rings. The van der Waals surface area contributed by atoms with Crippen molar-refractivity contribution in [3.8, 4) is 0 Å². The molecule has 0 aromatic carbocycles. The van der Waals surface area contributed by atoms with Crippen LogP contribution in [-0.2, 0) is 0 Å². The Morgan fingerprint density at radius 1 is 1.00 bits per heavy atom. The summed E-state index contributed by atoms with van der Waals surface area (Å²) in [6, 6.07) is 2.45. The van der Waals surface area contributed by atoms with Crippen LogP contribution in [0.15, 0.2) is 0 Å². The normalized spacial score (nSPS) is 33.0. The van der Waals surface area contributed by atoms with Gasteiger partial charge in [-0.2, -0.15) is 0 Å². The maximum atomic E-state index is 3.63. The monoisotopic (exact) mass is 252 g/mol. The van der Waals surface area contributed by atoms with Gasteiger partial charge in [0, 0.05) is 24.7 Å². The fourth-order valence-electron chi connectivity index (χ4n) is 3.97. The van der Waals surface area contributed by atoms with E-state index in [1.165, 1.54) is 64.3 Å². The summed E-state index contributed by atoms with van der Waals surface area (Å²) in [5.41, 5.74) is 0. The summed E-state index contributed by atoms with van der Waals surface area (Å²) in [7, 11) is 0. The highest BCUT2D eigenvalue weighted by atomic mass is 15.2. The molecule has 2 unspecified atom stereocenters. The molecular weight excluding hydrogens is 220 g/mol. The molecular formula is C16H32N2. The van der Waals surface area contributed by atoms with Crippen LogP contribution in [0.3, 0.4) is 0 Å². The second kappa shape index (κ2) is 7.49. The van der Waals surface area contributed by atoms with Crippen molar-refractivity contribution < 1.29 is 0 Å². The Morgan fingerprint density at radius 2 is 1.67 bits per heavy atom. The van der Waals surface area contributed by atoms with E-state index in [-0.39, 0.29) is 0 Å². The number of piperidine rings is 1. The molecule has 2 rings (SSSR count). The highest BCUT2D eigenvalue weighted by Gasteiger charge is 2.29. The highest BCUT2D eigenvalue weighted by Crippen LogP contribution is 2.27. The highest BCUT2D eigenvalue weighted by molar-refractivity contribution is 4.87. The Morgan fingerprint density at radius 3 is 2.28 bits per heavy atom. The van der Waals surface area contributed by atoms with Crippen molar-refractivity contribution in [2.45, 2.75) is 89.8 Å². The summed E-state index contributed by atoms with van der Waals surface area (Å²) in [6.45, 7) is 7.12. The molecule has 0 amide bonds. The molecule has 106 valence electrons. The van der Waals surface area contributed by atoms with E-state index in [0.717, 1.165) is 24.7 Å². The third-order valence-corrected chi connectivity index (χ3v) is 4.96. The molecule has 0 aromatic heterocycles. The van der Waals surface area contributed by atoms with Gasteiger partial charge in [0.15, 0.2) is 0 Å². The molecule has 0 radical (unpaired) electrons. The molecule has 0 bridgehead atoms. The fraction of sp³-hybridized carbons (Fsp3) is 1.00. The lowest BCUT2D eigenvalue weighted by Gasteiger charge is -2.43. The van der Waals surface area contributed by atoms with Crippen molar-refractivity contribution in [2.24, 2.45) is 0 Å². The third kappa shape index (κ3) is 3.96. The van der Waals surface area contributed by atoms with Gasteiger partial charge in [-0.3, -0.25) is 4.90 Å². The molecule has 2 atom stereocenters. The molecule has 18 heavy (non-hydrogen) atoms. The number of likely N-dealkylation sites (tertiary alicyclic amines) is 1. The van der Waals surface area contributed by atoms with Crippen LogP contribution in [0.5, 0.6) is 0 Å². The van der Waals surface area contributed by atoms with Crippen molar-refractivity contribution in [1.29, 1.82) is 0 Å². The second-order valence-electron chi connectivity index (χ2n) is 6.36. The van der Waals surface area contributed by atoms with Gasteiger partial charge in [-0.1, -0.05) is 39.0 Å². The van der Waals surface area contributed by atoms with Crippen molar-refractivity contribution in [2.75, 3.05) is 13.1 Å². The Labute approximate surface area is 114 Å². The molecule has 1 aliphatic heterocycles. The van der Waals surface area contributed by atoms with Crippen LogP contribution in [0, 0.1) is 0 Å². The van der Waals surface area contributed by atoms with Crippen LogP contribution in [0.25, 0.3) is 0 Å². The minimum Gasteiger partial charge on any atom is -0.314 e. The zero-order valence-electron chi connectivity index (χ0n) is 12.5. The summed E-state index contributed by atoms with van der Waals surface area (Å²) in [5, 5.41) is 3.63. The van der Waals surface area contributed by atoms with E-state index < -0.39 is 0 Å². The Kier molecular flexibility index (Phi) is 5.97. The van der Waals surface area contributed by atoms with E-state index in [0.29, 0.717) is 0 Å². The molecule has 2 fully saturated rings. The quantitative estimate of drug-likeness (QED) is 0.826. The molecule has 1 saturated heterocycles. The molecule has 0 spiro atoms. The number of rotatable bonds is 3. The van der Waals surface area contributed by atoms with Gasteiger partial charge in [-0.25, -0.2) is 0 Å². The van der Waals surface area contributed by atoms with Crippen LogP contribution >= 0.6 is 0 Å². The number of hydrogen-bond acceptors (Lipinski definition) is 2. The topological polar surface area (TPSA) is 15.3 Å². The van der Waals surface area contributed by atoms with E-state index >= 15 is 0 Å². The Balaban J connectivity index is 1.84. The smallest absolute Gasteiger partial charge is 0.00980 e. The first-order valence-corrected chi connectivity index (χ1v) is 8.30. The molecule has 2 heteroatoms. The van der Waals surface area contributed by atoms with Gasteiger partial charge in [0.05, 0.1) is 0 Å². The maximum Gasteiger partial charge on any atom is 0.00980 e. The lowest BCUT2D eigenvalue weighted by atomic mass is 9.90. The minimum absolute atomic E-state index is 0.773. The van der Waals surface area contributed by atoms with Gasteiger partial charge in [0.1, 0.15) is 0 Å². The van der Waals surface area contributed by atoms with Crippen LogP contribution < -0.4 is 5.32 Å². The summed E-state index contributed by atoms with van der Waals surface area (Å²) in [6.07, 6.45) is 13.0. The lowest BCUT2D eigenvalue weighted by molar-refractivity contribution is 0.0736. The summed E-state index contributed by atoms with van der Waals surface area (Å²) in [5.74, 6) is 0. The minimum atomic E-state index is 0.773. The van der Waals surface area contributed by atoms with Gasteiger partial charge in [0.25, 0.3) is 0 Å². The predicted octanol–water partition coefficient (Wildman–Crippen LogP) is 3.56. The number of nitrogens with one attached hydrogen (secondary N) is 1. The molecule has 2 nitrogen and oxygen atoms in total.